The van der Waals surface area contributed by atoms with E-state index in [1.807, 2.05) is 18.2 Å². The highest BCUT2D eigenvalue weighted by Crippen LogP contribution is 2.27. The van der Waals surface area contributed by atoms with Crippen molar-refractivity contribution in [1.82, 2.24) is 0 Å². The van der Waals surface area contributed by atoms with Gasteiger partial charge in [-0.2, -0.15) is 0 Å². The minimum atomic E-state index is -2.77. The summed E-state index contributed by atoms with van der Waals surface area (Å²) in [4.78, 5) is 9.56. The number of nitrogens with zero attached hydrogens (tertiary/aromatic N) is 1. The Morgan fingerprint density at radius 1 is 1.18 bits per heavy atom. The summed E-state index contributed by atoms with van der Waals surface area (Å²) in [6.07, 6.45) is -2.77. The van der Waals surface area contributed by atoms with E-state index in [-0.39, 0.29) is 0 Å². The molecule has 0 aliphatic rings. The lowest BCUT2D eigenvalue weighted by Gasteiger charge is -2.05. The van der Waals surface area contributed by atoms with Gasteiger partial charge in [0, 0.05) is 12.1 Å². The molecule has 0 spiro atoms. The molecule has 0 atom stereocenters. The normalized spacial score (nSPS) is 9.86. The van der Waals surface area contributed by atoms with Crippen LogP contribution in [0.4, 0.5) is 18.9 Å². The zero-order valence-corrected chi connectivity index (χ0v) is 11.7. The van der Waals surface area contributed by atoms with Crippen LogP contribution < -0.4 is 4.74 Å². The van der Waals surface area contributed by atoms with E-state index >= 15 is 0 Å². The van der Waals surface area contributed by atoms with Crippen molar-refractivity contribution in [3.05, 3.63) is 70.0 Å². The van der Waals surface area contributed by atoms with Crippen LogP contribution in [-0.4, -0.2) is 18.0 Å². The Hall–Kier alpha value is -2.57. The Morgan fingerprint density at radius 2 is 1.82 bits per heavy atom. The fourth-order valence-electron chi connectivity index (χ4n) is 1.44. The summed E-state index contributed by atoms with van der Waals surface area (Å²) in [7, 11) is 0. The van der Waals surface area contributed by atoms with E-state index in [1.54, 1.807) is 0 Å². The third-order valence-electron chi connectivity index (χ3n) is 2.42. The van der Waals surface area contributed by atoms with E-state index in [0.29, 0.717) is 6.07 Å². The maximum Gasteiger partial charge on any atom is 0.311 e. The molecule has 0 aromatic heterocycles. The van der Waals surface area contributed by atoms with Crippen molar-refractivity contribution in [2.24, 2.45) is 0 Å². The number of alkyl halides is 2. The average Bonchev–Trinajstić information content (AvgIpc) is 2.46. The van der Waals surface area contributed by atoms with Crippen LogP contribution in [0.2, 0.25) is 0 Å². The second-order valence-electron chi connectivity index (χ2n) is 4.23. The van der Waals surface area contributed by atoms with Gasteiger partial charge < -0.3 is 4.74 Å². The molecule has 22 heavy (non-hydrogen) atoms. The van der Waals surface area contributed by atoms with Crippen molar-refractivity contribution in [2.45, 2.75) is 13.3 Å². The number of aryl methyl sites for hydroxylation is 1. The predicted octanol–water partition coefficient (Wildman–Crippen LogP) is 4.37. The molecule has 2 aromatic rings. The molecule has 0 N–H and O–H groups in total. The number of rotatable bonds is 4. The summed E-state index contributed by atoms with van der Waals surface area (Å²) >= 11 is 0. The summed E-state index contributed by atoms with van der Waals surface area (Å²) in [6, 6.07) is 12.7. The van der Waals surface area contributed by atoms with E-state index < -0.39 is 35.2 Å². The van der Waals surface area contributed by atoms with E-state index in [0.717, 1.165) is 12.1 Å². The molecule has 0 aliphatic carbocycles. The van der Waals surface area contributed by atoms with Crippen molar-refractivity contribution in [1.29, 1.82) is 0 Å². The van der Waals surface area contributed by atoms with Gasteiger partial charge in [0.2, 0.25) is 0 Å². The summed E-state index contributed by atoms with van der Waals surface area (Å²) in [5.74, 6) is -1.29. The second-order valence-corrected chi connectivity index (χ2v) is 4.23. The summed E-state index contributed by atoms with van der Waals surface area (Å²) in [6.45, 7) is 1.07. The minimum absolute atomic E-state index is 0.500. The zero-order chi connectivity index (χ0) is 16.5. The largest absolute Gasteiger partial charge is 0.481 e. The van der Waals surface area contributed by atoms with E-state index in [9.17, 15) is 23.3 Å². The minimum Gasteiger partial charge on any atom is -0.481 e. The first kappa shape index (κ1) is 17.5. The maximum absolute atomic E-state index is 12.6. The lowest BCUT2D eigenvalue weighted by Crippen LogP contribution is -2.08. The van der Waals surface area contributed by atoms with Crippen molar-refractivity contribution >= 4 is 5.69 Å². The zero-order valence-electron chi connectivity index (χ0n) is 11.7. The first-order chi connectivity index (χ1) is 10.4. The summed E-state index contributed by atoms with van der Waals surface area (Å²) < 4.78 is 40.6. The van der Waals surface area contributed by atoms with Crippen molar-refractivity contribution < 1.29 is 22.8 Å². The van der Waals surface area contributed by atoms with Crippen LogP contribution >= 0.6 is 0 Å². The molecule has 0 saturated carbocycles. The summed E-state index contributed by atoms with van der Waals surface area (Å²) in [5, 5.41) is 10.4. The van der Waals surface area contributed by atoms with E-state index in [4.69, 9.17) is 0 Å². The molecule has 0 aliphatic heterocycles. The quantitative estimate of drug-likeness (QED) is 0.622. The third kappa shape index (κ3) is 6.25. The van der Waals surface area contributed by atoms with Gasteiger partial charge in [-0.15, -0.1) is 0 Å². The van der Waals surface area contributed by atoms with Crippen molar-refractivity contribution in [3.8, 4) is 5.75 Å². The van der Waals surface area contributed by atoms with E-state index in [2.05, 4.69) is 23.8 Å². The van der Waals surface area contributed by atoms with Crippen LogP contribution in [0.15, 0.2) is 48.5 Å². The molecule has 2 rings (SSSR count). The predicted molar refractivity (Wildman–Crippen MR) is 75.7 cm³/mol. The first-order valence-electron chi connectivity index (χ1n) is 6.26. The van der Waals surface area contributed by atoms with Crippen LogP contribution in [0.1, 0.15) is 5.56 Å². The number of ether oxygens (including phenoxy) is 1. The van der Waals surface area contributed by atoms with Gasteiger partial charge in [0.15, 0.2) is 5.75 Å². The molecular formula is C15H14F3NO3. The topological polar surface area (TPSA) is 52.4 Å². The van der Waals surface area contributed by atoms with Crippen molar-refractivity contribution in [3.63, 3.8) is 0 Å². The van der Waals surface area contributed by atoms with Gasteiger partial charge in [0.05, 0.1) is 4.92 Å². The average molecular weight is 313 g/mol. The second kappa shape index (κ2) is 8.66. The Kier molecular flexibility index (Phi) is 6.88. The molecule has 7 heteroatoms. The Balaban J connectivity index is 0.000000287. The van der Waals surface area contributed by atoms with Gasteiger partial charge >= 0.3 is 5.69 Å². The van der Waals surface area contributed by atoms with Gasteiger partial charge in [-0.05, 0) is 13.0 Å². The van der Waals surface area contributed by atoms with Crippen molar-refractivity contribution in [2.75, 3.05) is 6.61 Å². The first-order valence-corrected chi connectivity index (χ1v) is 6.26. The lowest BCUT2D eigenvalue weighted by atomic mass is 10.2. The third-order valence-corrected chi connectivity index (χ3v) is 2.42. The monoisotopic (exact) mass is 313 g/mol. The highest BCUT2D eigenvalue weighted by atomic mass is 19.3. The molecule has 0 amide bonds. The van der Waals surface area contributed by atoms with Gasteiger partial charge in [0.25, 0.3) is 6.43 Å². The number of halogens is 3. The molecule has 0 unspecified atom stereocenters. The van der Waals surface area contributed by atoms with E-state index in [1.165, 1.54) is 5.56 Å². The SMILES string of the molecule is Cc1ccccc1.O=[N+]([O-])c1ccc(F)cc1OCC(F)F. The van der Waals surface area contributed by atoms with Crippen LogP contribution in [0, 0.1) is 22.9 Å². The number of hydrogen-bond acceptors (Lipinski definition) is 3. The number of benzene rings is 2. The Labute approximate surface area is 125 Å². The highest BCUT2D eigenvalue weighted by molar-refractivity contribution is 5.46. The molecular weight excluding hydrogens is 299 g/mol. The fourth-order valence-corrected chi connectivity index (χ4v) is 1.44. The number of hydrogen-bond donors (Lipinski definition) is 0. The van der Waals surface area contributed by atoms with Gasteiger partial charge in [-0.1, -0.05) is 35.9 Å². The highest BCUT2D eigenvalue weighted by Gasteiger charge is 2.17. The van der Waals surface area contributed by atoms with Crippen LogP contribution in [0.5, 0.6) is 5.75 Å². The fraction of sp³-hybridized carbons (Fsp3) is 0.200. The molecule has 0 bridgehead atoms. The standard InChI is InChI=1S/C8H6F3NO3.C7H8/c9-5-1-2-6(12(13)14)7(3-5)15-4-8(10)11;1-7-5-3-2-4-6-7/h1-3,8H,4H2;2-6H,1H3. The van der Waals surface area contributed by atoms with Gasteiger partial charge in [-0.3, -0.25) is 10.1 Å². The number of nitro groups is 1. The maximum atomic E-state index is 12.6. The molecule has 2 aromatic carbocycles. The molecule has 4 nitrogen and oxygen atoms in total. The molecule has 0 saturated heterocycles. The van der Waals surface area contributed by atoms with Crippen LogP contribution in [-0.2, 0) is 0 Å². The van der Waals surface area contributed by atoms with Crippen LogP contribution in [0.25, 0.3) is 0 Å². The molecule has 118 valence electrons. The Morgan fingerprint density at radius 3 is 2.27 bits per heavy atom. The lowest BCUT2D eigenvalue weighted by molar-refractivity contribution is -0.386. The summed E-state index contributed by atoms with van der Waals surface area (Å²) in [5.41, 5.74) is 0.777. The molecule has 0 fully saturated rings. The smallest absolute Gasteiger partial charge is 0.311 e. The van der Waals surface area contributed by atoms with Crippen LogP contribution in [0.3, 0.4) is 0 Å². The van der Waals surface area contributed by atoms with Gasteiger partial charge in [0.1, 0.15) is 12.4 Å². The Bertz CT molecular complexity index is 606. The molecule has 0 heterocycles. The van der Waals surface area contributed by atoms with Gasteiger partial charge in [-0.25, -0.2) is 13.2 Å². The molecule has 0 radical (unpaired) electrons. The number of nitro benzene ring substituents is 1.